The Labute approximate surface area is 116 Å². The van der Waals surface area contributed by atoms with Crippen LogP contribution in [0.2, 0.25) is 0 Å². The van der Waals surface area contributed by atoms with Gasteiger partial charge in [-0.05, 0) is 12.1 Å². The van der Waals surface area contributed by atoms with Crippen LogP contribution in [0.4, 0.5) is 0 Å². The SMILES string of the molecule is COc1cnn(C)c1C(O)c1ccc2ccccc2n1. The molecule has 0 fully saturated rings. The van der Waals surface area contributed by atoms with E-state index in [1.165, 1.54) is 0 Å². The largest absolute Gasteiger partial charge is 0.493 e. The molecule has 1 N–H and O–H groups in total. The van der Waals surface area contributed by atoms with Crippen molar-refractivity contribution in [1.29, 1.82) is 0 Å². The number of methoxy groups -OCH3 is 1. The lowest BCUT2D eigenvalue weighted by Gasteiger charge is -2.13. The number of pyridine rings is 1. The zero-order valence-electron chi connectivity index (χ0n) is 11.3. The second-order valence-electron chi connectivity index (χ2n) is 4.55. The van der Waals surface area contributed by atoms with Crippen LogP contribution in [0.3, 0.4) is 0 Å². The summed E-state index contributed by atoms with van der Waals surface area (Å²) < 4.78 is 6.82. The van der Waals surface area contributed by atoms with Crippen LogP contribution in [0.5, 0.6) is 5.75 Å². The van der Waals surface area contributed by atoms with Crippen LogP contribution in [-0.4, -0.2) is 27.0 Å². The molecular formula is C15H15N3O2. The number of aliphatic hydroxyl groups is 1. The lowest BCUT2D eigenvalue weighted by Crippen LogP contribution is -2.09. The van der Waals surface area contributed by atoms with Crippen LogP contribution >= 0.6 is 0 Å². The van der Waals surface area contributed by atoms with Crippen molar-refractivity contribution in [2.45, 2.75) is 6.10 Å². The van der Waals surface area contributed by atoms with Crippen molar-refractivity contribution in [3.63, 3.8) is 0 Å². The van der Waals surface area contributed by atoms with Gasteiger partial charge < -0.3 is 9.84 Å². The molecule has 2 heterocycles. The number of aromatic nitrogens is 3. The Kier molecular flexibility index (Phi) is 3.12. The van der Waals surface area contributed by atoms with E-state index in [1.54, 1.807) is 25.0 Å². The Hall–Kier alpha value is -2.40. The molecule has 1 aromatic carbocycles. The average Bonchev–Trinajstić information content (AvgIpc) is 2.87. The van der Waals surface area contributed by atoms with Crippen molar-refractivity contribution in [2.75, 3.05) is 7.11 Å². The van der Waals surface area contributed by atoms with E-state index < -0.39 is 6.10 Å². The summed E-state index contributed by atoms with van der Waals surface area (Å²) in [7, 11) is 3.32. The molecule has 3 aromatic rings. The van der Waals surface area contributed by atoms with Gasteiger partial charge in [0.15, 0.2) is 5.75 Å². The molecule has 5 heteroatoms. The quantitative estimate of drug-likeness (QED) is 0.790. The number of aryl methyl sites for hydroxylation is 1. The van der Waals surface area contributed by atoms with Crippen LogP contribution in [0.25, 0.3) is 10.9 Å². The lowest BCUT2D eigenvalue weighted by molar-refractivity contribution is 0.200. The number of benzene rings is 1. The van der Waals surface area contributed by atoms with Gasteiger partial charge >= 0.3 is 0 Å². The summed E-state index contributed by atoms with van der Waals surface area (Å²) >= 11 is 0. The fraction of sp³-hybridized carbons (Fsp3) is 0.200. The maximum Gasteiger partial charge on any atom is 0.163 e. The van der Waals surface area contributed by atoms with Gasteiger partial charge in [0.25, 0.3) is 0 Å². The Morgan fingerprint density at radius 2 is 2.00 bits per heavy atom. The first-order valence-corrected chi connectivity index (χ1v) is 6.30. The van der Waals surface area contributed by atoms with Crippen molar-refractivity contribution in [3.05, 3.63) is 54.0 Å². The van der Waals surface area contributed by atoms with Crippen molar-refractivity contribution >= 4 is 10.9 Å². The Bertz CT molecular complexity index is 752. The highest BCUT2D eigenvalue weighted by atomic mass is 16.5. The number of nitrogens with zero attached hydrogens (tertiary/aromatic N) is 3. The normalized spacial score (nSPS) is 12.6. The fourth-order valence-electron chi connectivity index (χ4n) is 2.27. The maximum absolute atomic E-state index is 10.5. The number of para-hydroxylation sites is 1. The van der Waals surface area contributed by atoms with E-state index in [2.05, 4.69) is 10.1 Å². The van der Waals surface area contributed by atoms with Gasteiger partial charge in [0.2, 0.25) is 0 Å². The summed E-state index contributed by atoms with van der Waals surface area (Å²) in [6.45, 7) is 0. The molecule has 0 spiro atoms. The fourth-order valence-corrected chi connectivity index (χ4v) is 2.27. The minimum atomic E-state index is -0.873. The molecule has 0 saturated heterocycles. The second kappa shape index (κ2) is 4.94. The Morgan fingerprint density at radius 3 is 2.80 bits per heavy atom. The summed E-state index contributed by atoms with van der Waals surface area (Å²) in [6.07, 6.45) is 0.710. The second-order valence-corrected chi connectivity index (χ2v) is 4.55. The predicted octanol–water partition coefficient (Wildman–Crippen LogP) is 2.06. The highest BCUT2D eigenvalue weighted by molar-refractivity contribution is 5.78. The van der Waals surface area contributed by atoms with Crippen LogP contribution < -0.4 is 4.74 Å². The molecule has 0 saturated carbocycles. The van der Waals surface area contributed by atoms with Crippen molar-refractivity contribution in [2.24, 2.45) is 7.05 Å². The minimum absolute atomic E-state index is 0.551. The summed E-state index contributed by atoms with van der Waals surface area (Å²) in [4.78, 5) is 4.50. The van der Waals surface area contributed by atoms with E-state index in [0.29, 0.717) is 17.1 Å². The third-order valence-electron chi connectivity index (χ3n) is 3.33. The number of hydrogen-bond donors (Lipinski definition) is 1. The molecule has 0 radical (unpaired) electrons. The van der Waals surface area contributed by atoms with Crippen molar-refractivity contribution in [3.8, 4) is 5.75 Å². The topological polar surface area (TPSA) is 60.2 Å². The average molecular weight is 269 g/mol. The molecule has 0 aliphatic carbocycles. The van der Waals surface area contributed by atoms with E-state index in [0.717, 1.165) is 10.9 Å². The third kappa shape index (κ3) is 2.02. The number of aliphatic hydroxyl groups excluding tert-OH is 1. The monoisotopic (exact) mass is 269 g/mol. The molecular weight excluding hydrogens is 254 g/mol. The third-order valence-corrected chi connectivity index (χ3v) is 3.33. The lowest BCUT2D eigenvalue weighted by atomic mass is 10.1. The van der Waals surface area contributed by atoms with Crippen LogP contribution in [0.15, 0.2) is 42.6 Å². The zero-order valence-corrected chi connectivity index (χ0v) is 11.3. The maximum atomic E-state index is 10.5. The van der Waals surface area contributed by atoms with Crippen LogP contribution in [0.1, 0.15) is 17.5 Å². The molecule has 0 aliphatic rings. The van der Waals surface area contributed by atoms with E-state index in [4.69, 9.17) is 4.74 Å². The Morgan fingerprint density at radius 1 is 1.20 bits per heavy atom. The molecule has 0 aliphatic heterocycles. The van der Waals surface area contributed by atoms with Gasteiger partial charge in [-0.15, -0.1) is 0 Å². The molecule has 20 heavy (non-hydrogen) atoms. The van der Waals surface area contributed by atoms with Gasteiger partial charge in [-0.3, -0.25) is 4.68 Å². The number of fused-ring (bicyclic) bond motifs is 1. The minimum Gasteiger partial charge on any atom is -0.493 e. The molecule has 0 bridgehead atoms. The predicted molar refractivity (Wildman–Crippen MR) is 75.6 cm³/mol. The number of rotatable bonds is 3. The zero-order chi connectivity index (χ0) is 14.1. The van der Waals surface area contributed by atoms with Gasteiger partial charge in [0.1, 0.15) is 11.8 Å². The number of ether oxygens (including phenoxy) is 1. The summed E-state index contributed by atoms with van der Waals surface area (Å²) in [5, 5.41) is 15.7. The smallest absolute Gasteiger partial charge is 0.163 e. The van der Waals surface area contributed by atoms with Crippen molar-refractivity contribution in [1.82, 2.24) is 14.8 Å². The molecule has 1 unspecified atom stereocenters. The van der Waals surface area contributed by atoms with Crippen molar-refractivity contribution < 1.29 is 9.84 Å². The first kappa shape index (κ1) is 12.6. The summed E-state index contributed by atoms with van der Waals surface area (Å²) in [6, 6.07) is 11.6. The van der Waals surface area contributed by atoms with E-state index >= 15 is 0 Å². The molecule has 2 aromatic heterocycles. The van der Waals surface area contributed by atoms with E-state index in [9.17, 15) is 5.11 Å². The summed E-state index contributed by atoms with van der Waals surface area (Å²) in [5.74, 6) is 0.551. The highest BCUT2D eigenvalue weighted by Gasteiger charge is 2.21. The number of hydrogen-bond acceptors (Lipinski definition) is 4. The first-order chi connectivity index (χ1) is 9.70. The van der Waals surface area contributed by atoms with Gasteiger partial charge in [0.05, 0.1) is 24.5 Å². The van der Waals surface area contributed by atoms with Crippen LogP contribution in [0, 0.1) is 0 Å². The van der Waals surface area contributed by atoms with Gasteiger partial charge in [-0.2, -0.15) is 5.10 Å². The highest BCUT2D eigenvalue weighted by Crippen LogP contribution is 2.29. The standard InChI is InChI=1S/C15H15N3O2/c1-18-14(13(20-2)9-16-18)15(19)12-8-7-10-5-3-4-6-11(10)17-12/h3-9,15,19H,1-2H3. The van der Waals surface area contributed by atoms with E-state index in [1.807, 2.05) is 36.4 Å². The Balaban J connectivity index is 2.07. The first-order valence-electron chi connectivity index (χ1n) is 6.30. The molecule has 0 amide bonds. The van der Waals surface area contributed by atoms with Gasteiger partial charge in [-0.1, -0.05) is 24.3 Å². The summed E-state index contributed by atoms with van der Waals surface area (Å²) in [5.41, 5.74) is 2.02. The van der Waals surface area contributed by atoms with Gasteiger partial charge in [0, 0.05) is 12.4 Å². The van der Waals surface area contributed by atoms with E-state index in [-0.39, 0.29) is 0 Å². The van der Waals surface area contributed by atoms with Crippen LogP contribution in [-0.2, 0) is 7.05 Å². The molecule has 102 valence electrons. The molecule has 3 rings (SSSR count). The molecule has 5 nitrogen and oxygen atoms in total. The molecule has 1 atom stereocenters. The van der Waals surface area contributed by atoms with Gasteiger partial charge in [-0.25, -0.2) is 4.98 Å².